The van der Waals surface area contributed by atoms with Gasteiger partial charge in [-0.1, -0.05) is 25.3 Å². The molecule has 1 aliphatic heterocycles. The van der Waals surface area contributed by atoms with Gasteiger partial charge in [0.2, 0.25) is 5.91 Å². The van der Waals surface area contributed by atoms with Gasteiger partial charge in [-0.05, 0) is 42.5 Å². The smallest absolute Gasteiger partial charge is 0.227 e. The summed E-state index contributed by atoms with van der Waals surface area (Å²) < 4.78 is 0. The summed E-state index contributed by atoms with van der Waals surface area (Å²) in [7, 11) is 0. The van der Waals surface area contributed by atoms with E-state index in [1.807, 2.05) is 6.07 Å². The van der Waals surface area contributed by atoms with Crippen molar-refractivity contribution in [2.45, 2.75) is 51.4 Å². The fourth-order valence-corrected chi connectivity index (χ4v) is 4.50. The molecule has 1 aromatic rings. The molecule has 0 radical (unpaired) electrons. The van der Waals surface area contributed by atoms with Crippen LogP contribution in [0.25, 0.3) is 0 Å². The van der Waals surface area contributed by atoms with Gasteiger partial charge in [0, 0.05) is 18.0 Å². The third kappa shape index (κ3) is 3.02. The molecule has 2 fully saturated rings. The van der Waals surface area contributed by atoms with Crippen LogP contribution >= 0.6 is 11.3 Å². The van der Waals surface area contributed by atoms with Crippen molar-refractivity contribution in [1.82, 2.24) is 4.90 Å². The standard InChI is InChI=1S/C16H23NOS/c18-15(12-14-6-4-11-19-14)17-10-5-9-16(13-17)7-2-1-3-8-16/h4,6,11H,1-3,5,7-10,12-13H2. The summed E-state index contributed by atoms with van der Waals surface area (Å²) in [5.41, 5.74) is 0.474. The van der Waals surface area contributed by atoms with E-state index >= 15 is 0 Å². The number of hydrogen-bond acceptors (Lipinski definition) is 2. The second-order valence-electron chi connectivity index (χ2n) is 6.24. The van der Waals surface area contributed by atoms with Crippen molar-refractivity contribution in [3.63, 3.8) is 0 Å². The molecule has 2 aliphatic rings. The fraction of sp³-hybridized carbons (Fsp3) is 0.688. The van der Waals surface area contributed by atoms with Crippen molar-refractivity contribution >= 4 is 17.2 Å². The molecule has 1 aliphatic carbocycles. The Hall–Kier alpha value is -0.830. The molecule has 2 nitrogen and oxygen atoms in total. The van der Waals surface area contributed by atoms with Crippen molar-refractivity contribution in [2.75, 3.05) is 13.1 Å². The first kappa shape index (κ1) is 13.2. The van der Waals surface area contributed by atoms with E-state index in [0.717, 1.165) is 13.1 Å². The van der Waals surface area contributed by atoms with Crippen LogP contribution in [0.3, 0.4) is 0 Å². The quantitative estimate of drug-likeness (QED) is 0.803. The van der Waals surface area contributed by atoms with Crippen LogP contribution in [0.1, 0.15) is 49.8 Å². The molecule has 0 unspecified atom stereocenters. The molecule has 104 valence electrons. The van der Waals surface area contributed by atoms with Crippen molar-refractivity contribution in [2.24, 2.45) is 5.41 Å². The molecule has 0 aromatic carbocycles. The Labute approximate surface area is 119 Å². The Kier molecular flexibility index (Phi) is 3.92. The van der Waals surface area contributed by atoms with Gasteiger partial charge in [-0.25, -0.2) is 0 Å². The molecule has 1 aromatic heterocycles. The molecule has 0 bridgehead atoms. The van der Waals surface area contributed by atoms with Gasteiger partial charge in [0.05, 0.1) is 6.42 Å². The SMILES string of the molecule is O=C(Cc1cccs1)N1CCCC2(CCCCC2)C1. The first-order chi connectivity index (χ1) is 9.27. The maximum atomic E-state index is 12.4. The van der Waals surface area contributed by atoms with E-state index in [1.165, 1.54) is 49.8 Å². The van der Waals surface area contributed by atoms with Gasteiger partial charge in [-0.2, -0.15) is 0 Å². The number of likely N-dealkylation sites (tertiary alicyclic amines) is 1. The minimum absolute atomic E-state index is 0.340. The van der Waals surface area contributed by atoms with Crippen LogP contribution < -0.4 is 0 Å². The van der Waals surface area contributed by atoms with E-state index in [-0.39, 0.29) is 0 Å². The molecule has 1 saturated carbocycles. The zero-order valence-electron chi connectivity index (χ0n) is 11.6. The van der Waals surface area contributed by atoms with E-state index in [2.05, 4.69) is 16.3 Å². The minimum atomic E-state index is 0.340. The molecule has 2 heterocycles. The lowest BCUT2D eigenvalue weighted by Gasteiger charge is -2.45. The first-order valence-corrected chi connectivity index (χ1v) is 8.46. The van der Waals surface area contributed by atoms with Crippen LogP contribution in [0.2, 0.25) is 0 Å². The summed E-state index contributed by atoms with van der Waals surface area (Å²) in [6, 6.07) is 4.11. The van der Waals surface area contributed by atoms with Crippen LogP contribution in [0.15, 0.2) is 17.5 Å². The highest BCUT2D eigenvalue weighted by molar-refractivity contribution is 7.10. The molecular weight excluding hydrogens is 254 g/mol. The van der Waals surface area contributed by atoms with Crippen molar-refractivity contribution in [3.8, 4) is 0 Å². The Morgan fingerprint density at radius 1 is 1.21 bits per heavy atom. The summed E-state index contributed by atoms with van der Waals surface area (Å²) in [4.78, 5) is 15.8. The van der Waals surface area contributed by atoms with Gasteiger partial charge < -0.3 is 4.90 Å². The maximum absolute atomic E-state index is 12.4. The molecular formula is C16H23NOS. The van der Waals surface area contributed by atoms with Gasteiger partial charge in [0.25, 0.3) is 0 Å². The average Bonchev–Trinajstić information content (AvgIpc) is 2.92. The molecule has 1 spiro atoms. The molecule has 3 heteroatoms. The van der Waals surface area contributed by atoms with Gasteiger partial charge in [-0.3, -0.25) is 4.79 Å². The van der Waals surface area contributed by atoms with E-state index in [9.17, 15) is 4.79 Å². The number of amides is 1. The summed E-state index contributed by atoms with van der Waals surface area (Å²) in [6.07, 6.45) is 9.97. The number of rotatable bonds is 2. The van der Waals surface area contributed by atoms with Crippen LogP contribution in [0.5, 0.6) is 0 Å². The number of hydrogen-bond donors (Lipinski definition) is 0. The van der Waals surface area contributed by atoms with E-state index in [0.29, 0.717) is 17.7 Å². The Bertz CT molecular complexity index is 414. The topological polar surface area (TPSA) is 20.3 Å². The fourth-order valence-electron chi connectivity index (χ4n) is 3.80. The molecule has 0 atom stereocenters. The summed E-state index contributed by atoms with van der Waals surface area (Å²) in [5, 5.41) is 2.06. The first-order valence-electron chi connectivity index (χ1n) is 7.58. The second kappa shape index (κ2) is 5.66. The second-order valence-corrected chi connectivity index (χ2v) is 7.27. The molecule has 19 heavy (non-hydrogen) atoms. The van der Waals surface area contributed by atoms with E-state index < -0.39 is 0 Å². The van der Waals surface area contributed by atoms with Crippen molar-refractivity contribution in [1.29, 1.82) is 0 Å². The third-order valence-electron chi connectivity index (χ3n) is 4.83. The monoisotopic (exact) mass is 277 g/mol. The zero-order chi connectivity index (χ0) is 13.1. The largest absolute Gasteiger partial charge is 0.342 e. The van der Waals surface area contributed by atoms with E-state index in [4.69, 9.17) is 0 Å². The number of carbonyl (C=O) groups excluding carboxylic acids is 1. The summed E-state index contributed by atoms with van der Waals surface area (Å²) in [5.74, 6) is 0.340. The Morgan fingerprint density at radius 3 is 2.74 bits per heavy atom. The lowest BCUT2D eigenvalue weighted by molar-refractivity contribution is -0.134. The zero-order valence-corrected chi connectivity index (χ0v) is 12.4. The maximum Gasteiger partial charge on any atom is 0.227 e. The Morgan fingerprint density at radius 2 is 2.00 bits per heavy atom. The molecule has 3 rings (SSSR count). The van der Waals surface area contributed by atoms with E-state index in [1.54, 1.807) is 11.3 Å². The van der Waals surface area contributed by atoms with Crippen LogP contribution in [0.4, 0.5) is 0 Å². The van der Waals surface area contributed by atoms with Gasteiger partial charge in [0.15, 0.2) is 0 Å². The molecule has 1 saturated heterocycles. The predicted octanol–water partition coefficient (Wildman–Crippen LogP) is 3.86. The lowest BCUT2D eigenvalue weighted by Crippen LogP contribution is -2.47. The predicted molar refractivity (Wildman–Crippen MR) is 79.4 cm³/mol. The van der Waals surface area contributed by atoms with Gasteiger partial charge in [0.1, 0.15) is 0 Å². The van der Waals surface area contributed by atoms with Crippen LogP contribution in [0, 0.1) is 5.41 Å². The highest BCUT2D eigenvalue weighted by Gasteiger charge is 2.37. The van der Waals surface area contributed by atoms with Crippen LogP contribution in [-0.4, -0.2) is 23.9 Å². The summed E-state index contributed by atoms with van der Waals surface area (Å²) in [6.45, 7) is 2.00. The minimum Gasteiger partial charge on any atom is -0.342 e. The normalized spacial score (nSPS) is 22.6. The van der Waals surface area contributed by atoms with Crippen molar-refractivity contribution < 1.29 is 4.79 Å². The van der Waals surface area contributed by atoms with Gasteiger partial charge in [-0.15, -0.1) is 11.3 Å². The van der Waals surface area contributed by atoms with Gasteiger partial charge >= 0.3 is 0 Å². The molecule has 1 amide bonds. The number of carbonyl (C=O) groups is 1. The van der Waals surface area contributed by atoms with Crippen molar-refractivity contribution in [3.05, 3.63) is 22.4 Å². The average molecular weight is 277 g/mol. The summed E-state index contributed by atoms with van der Waals surface area (Å²) >= 11 is 1.69. The lowest BCUT2D eigenvalue weighted by atomic mass is 9.69. The number of nitrogens with zero attached hydrogens (tertiary/aromatic N) is 1. The number of piperidine rings is 1. The molecule has 0 N–H and O–H groups in total. The highest BCUT2D eigenvalue weighted by Crippen LogP contribution is 2.43. The Balaban J connectivity index is 1.62. The number of thiophene rings is 1. The van der Waals surface area contributed by atoms with Crippen LogP contribution in [-0.2, 0) is 11.2 Å². The third-order valence-corrected chi connectivity index (χ3v) is 5.71. The highest BCUT2D eigenvalue weighted by atomic mass is 32.1.